The first kappa shape index (κ1) is 20.1. The predicted octanol–water partition coefficient (Wildman–Crippen LogP) is 3.28. The number of carbonyl (C=O) groups excluding carboxylic acids is 1. The second-order valence-electron chi connectivity index (χ2n) is 8.41. The minimum Gasteiger partial charge on any atom is -0.371 e. The van der Waals surface area contributed by atoms with E-state index in [0.717, 1.165) is 52.0 Å². The summed E-state index contributed by atoms with van der Waals surface area (Å²) < 4.78 is 26.5. The molecule has 0 aliphatic carbocycles. The predicted molar refractivity (Wildman–Crippen MR) is 104 cm³/mol. The molecule has 1 N–H and O–H groups in total. The molecular weight excluding hydrogens is 348 g/mol. The first-order valence-corrected chi connectivity index (χ1v) is 10.1. The molecule has 1 aromatic rings. The minimum absolute atomic E-state index is 0.122. The molecule has 0 radical (unpaired) electrons. The Hall–Kier alpha value is -1.69. The van der Waals surface area contributed by atoms with Crippen molar-refractivity contribution in [1.82, 2.24) is 10.2 Å². The lowest BCUT2D eigenvalue weighted by Crippen LogP contribution is -2.42. The lowest BCUT2D eigenvalue weighted by molar-refractivity contribution is -0.126. The van der Waals surface area contributed by atoms with Crippen LogP contribution < -0.4 is 10.2 Å². The maximum atomic E-state index is 13.4. The van der Waals surface area contributed by atoms with Crippen molar-refractivity contribution in [2.24, 2.45) is 17.8 Å². The molecule has 0 aromatic heterocycles. The van der Waals surface area contributed by atoms with E-state index in [1.165, 1.54) is 12.1 Å². The molecule has 1 atom stereocenters. The van der Waals surface area contributed by atoms with Crippen molar-refractivity contribution in [3.63, 3.8) is 0 Å². The zero-order valence-corrected chi connectivity index (χ0v) is 16.4. The Labute approximate surface area is 160 Å². The molecule has 0 unspecified atom stereocenters. The molecule has 150 valence electrons. The van der Waals surface area contributed by atoms with Gasteiger partial charge in [-0.05, 0) is 56.3 Å². The minimum atomic E-state index is -0.818. The zero-order chi connectivity index (χ0) is 19.4. The van der Waals surface area contributed by atoms with Crippen LogP contribution in [0.4, 0.5) is 14.5 Å². The van der Waals surface area contributed by atoms with Gasteiger partial charge in [-0.25, -0.2) is 8.78 Å². The molecule has 2 saturated heterocycles. The SMILES string of the molecule is CC(C)CN1CCC(C(=O)NC[C@H]2CCN(c3ccc(F)c(F)c3)C2)CC1. The van der Waals surface area contributed by atoms with Gasteiger partial charge in [-0.2, -0.15) is 0 Å². The van der Waals surface area contributed by atoms with E-state index in [1.54, 1.807) is 6.07 Å². The smallest absolute Gasteiger partial charge is 0.223 e. The van der Waals surface area contributed by atoms with Crippen LogP contribution in [-0.2, 0) is 4.79 Å². The van der Waals surface area contributed by atoms with Gasteiger partial charge in [-0.1, -0.05) is 13.8 Å². The van der Waals surface area contributed by atoms with Gasteiger partial charge in [-0.15, -0.1) is 0 Å². The van der Waals surface area contributed by atoms with Gasteiger partial charge in [0.25, 0.3) is 0 Å². The van der Waals surface area contributed by atoms with E-state index >= 15 is 0 Å². The molecule has 27 heavy (non-hydrogen) atoms. The quantitative estimate of drug-likeness (QED) is 0.824. The number of likely N-dealkylation sites (tertiary alicyclic amines) is 1. The Balaban J connectivity index is 1.40. The Morgan fingerprint density at radius 2 is 1.89 bits per heavy atom. The number of carbonyl (C=O) groups is 1. The topological polar surface area (TPSA) is 35.6 Å². The van der Waals surface area contributed by atoms with Crippen molar-refractivity contribution in [2.45, 2.75) is 33.1 Å². The fourth-order valence-corrected chi connectivity index (χ4v) is 4.20. The monoisotopic (exact) mass is 379 g/mol. The average molecular weight is 379 g/mol. The number of rotatable bonds is 6. The van der Waals surface area contributed by atoms with E-state index in [1.807, 2.05) is 0 Å². The molecule has 1 aromatic carbocycles. The van der Waals surface area contributed by atoms with Crippen LogP contribution in [0.1, 0.15) is 33.1 Å². The number of benzene rings is 1. The standard InChI is InChI=1S/C21H31F2N3O/c1-15(2)13-25-8-6-17(7-9-25)21(27)24-12-16-5-10-26(14-16)18-3-4-19(22)20(23)11-18/h3-4,11,15-17H,5-10,12-14H2,1-2H3,(H,24,27)/t16-/m1/s1. The maximum Gasteiger partial charge on any atom is 0.223 e. The molecular formula is C21H31F2N3O. The van der Waals surface area contributed by atoms with Gasteiger partial charge in [0.1, 0.15) is 0 Å². The fourth-order valence-electron chi connectivity index (χ4n) is 4.20. The van der Waals surface area contributed by atoms with E-state index < -0.39 is 11.6 Å². The summed E-state index contributed by atoms with van der Waals surface area (Å²) >= 11 is 0. The van der Waals surface area contributed by atoms with Crippen molar-refractivity contribution < 1.29 is 13.6 Å². The van der Waals surface area contributed by atoms with Gasteiger partial charge < -0.3 is 15.1 Å². The van der Waals surface area contributed by atoms with Gasteiger partial charge in [-0.3, -0.25) is 4.79 Å². The lowest BCUT2D eigenvalue weighted by atomic mass is 9.95. The van der Waals surface area contributed by atoms with Gasteiger partial charge in [0.15, 0.2) is 11.6 Å². The molecule has 6 heteroatoms. The average Bonchev–Trinajstić information content (AvgIpc) is 3.11. The third-order valence-electron chi connectivity index (χ3n) is 5.70. The highest BCUT2D eigenvalue weighted by Crippen LogP contribution is 2.25. The molecule has 2 aliphatic heterocycles. The van der Waals surface area contributed by atoms with Gasteiger partial charge >= 0.3 is 0 Å². The maximum absolute atomic E-state index is 13.4. The molecule has 1 amide bonds. The summed E-state index contributed by atoms with van der Waals surface area (Å²) in [5, 5.41) is 3.12. The summed E-state index contributed by atoms with van der Waals surface area (Å²) in [6.07, 6.45) is 2.82. The molecule has 3 rings (SSSR count). The van der Waals surface area contributed by atoms with Crippen LogP contribution in [0, 0.1) is 29.4 Å². The number of halogens is 2. The number of amides is 1. The van der Waals surface area contributed by atoms with Crippen LogP contribution in [0.15, 0.2) is 18.2 Å². The first-order chi connectivity index (χ1) is 12.9. The Morgan fingerprint density at radius 3 is 2.56 bits per heavy atom. The van der Waals surface area contributed by atoms with Gasteiger partial charge in [0.2, 0.25) is 5.91 Å². The van der Waals surface area contributed by atoms with E-state index in [-0.39, 0.29) is 11.8 Å². The lowest BCUT2D eigenvalue weighted by Gasteiger charge is -2.32. The number of hydrogen-bond acceptors (Lipinski definition) is 3. The van der Waals surface area contributed by atoms with E-state index in [4.69, 9.17) is 0 Å². The molecule has 4 nitrogen and oxygen atoms in total. The Morgan fingerprint density at radius 1 is 1.15 bits per heavy atom. The summed E-state index contributed by atoms with van der Waals surface area (Å²) in [5.41, 5.74) is 0.709. The summed E-state index contributed by atoms with van der Waals surface area (Å²) in [6, 6.07) is 4.04. The summed E-state index contributed by atoms with van der Waals surface area (Å²) in [7, 11) is 0. The highest BCUT2D eigenvalue weighted by molar-refractivity contribution is 5.78. The van der Waals surface area contributed by atoms with Crippen LogP contribution >= 0.6 is 0 Å². The second kappa shape index (κ2) is 9.00. The highest BCUT2D eigenvalue weighted by Gasteiger charge is 2.27. The van der Waals surface area contributed by atoms with Crippen molar-refractivity contribution in [3.05, 3.63) is 29.8 Å². The highest BCUT2D eigenvalue weighted by atomic mass is 19.2. The summed E-state index contributed by atoms with van der Waals surface area (Å²) in [4.78, 5) is 17.0. The largest absolute Gasteiger partial charge is 0.371 e. The molecule has 2 fully saturated rings. The number of anilines is 1. The summed E-state index contributed by atoms with van der Waals surface area (Å²) in [6.45, 7) is 9.79. The van der Waals surface area contributed by atoms with Crippen LogP contribution in [0.2, 0.25) is 0 Å². The van der Waals surface area contributed by atoms with Crippen molar-refractivity contribution in [3.8, 4) is 0 Å². The molecule has 0 bridgehead atoms. The van der Waals surface area contributed by atoms with Crippen molar-refractivity contribution in [1.29, 1.82) is 0 Å². The fraction of sp³-hybridized carbons (Fsp3) is 0.667. The number of piperidine rings is 1. The third kappa shape index (κ3) is 5.41. The van der Waals surface area contributed by atoms with Crippen molar-refractivity contribution in [2.75, 3.05) is 44.2 Å². The van der Waals surface area contributed by atoms with E-state index in [2.05, 4.69) is 29.0 Å². The van der Waals surface area contributed by atoms with Crippen LogP contribution in [0.25, 0.3) is 0 Å². The van der Waals surface area contributed by atoms with E-state index in [0.29, 0.717) is 24.1 Å². The zero-order valence-electron chi connectivity index (χ0n) is 16.4. The van der Waals surface area contributed by atoms with Gasteiger partial charge in [0.05, 0.1) is 0 Å². The molecule has 0 saturated carbocycles. The number of nitrogens with one attached hydrogen (secondary N) is 1. The number of nitrogens with zero attached hydrogens (tertiary/aromatic N) is 2. The summed E-state index contributed by atoms with van der Waals surface area (Å²) in [5.74, 6) is -0.324. The number of hydrogen-bond donors (Lipinski definition) is 1. The normalized spacial score (nSPS) is 21.8. The van der Waals surface area contributed by atoms with Crippen molar-refractivity contribution >= 4 is 11.6 Å². The van der Waals surface area contributed by atoms with Crippen LogP contribution in [0.3, 0.4) is 0 Å². The molecule has 0 spiro atoms. The second-order valence-corrected chi connectivity index (χ2v) is 8.41. The first-order valence-electron chi connectivity index (χ1n) is 10.1. The molecule has 2 aliphatic rings. The molecule has 2 heterocycles. The third-order valence-corrected chi connectivity index (χ3v) is 5.70. The van der Waals surface area contributed by atoms with Gasteiger partial charge in [0, 0.05) is 43.9 Å². The Bertz CT molecular complexity index is 644. The van der Waals surface area contributed by atoms with Crippen LogP contribution in [0.5, 0.6) is 0 Å². The van der Waals surface area contributed by atoms with Crippen LogP contribution in [-0.4, -0.2) is 50.1 Å². The Kier molecular flexibility index (Phi) is 6.68. The van der Waals surface area contributed by atoms with E-state index in [9.17, 15) is 13.6 Å².